The van der Waals surface area contributed by atoms with Gasteiger partial charge in [-0.15, -0.1) is 0 Å². The van der Waals surface area contributed by atoms with Crippen LogP contribution in [-0.2, 0) is 9.47 Å². The van der Waals surface area contributed by atoms with Crippen molar-refractivity contribution < 1.29 is 19.1 Å². The fourth-order valence-corrected chi connectivity index (χ4v) is 8.26. The number of carbonyl (C=O) groups excluding carboxylic acids is 2. The monoisotopic (exact) mass is 868 g/mol. The molecule has 3 aliphatic rings. The van der Waals surface area contributed by atoms with Crippen molar-refractivity contribution in [2.45, 2.75) is 18.9 Å². The smallest absolute Gasteiger partial charge is 0.253 e. The number of rotatable bonds is 9. The highest BCUT2D eigenvalue weighted by atomic mass is 16.5. The number of fused-ring (bicyclic) bond motifs is 2. The molecule has 2 amide bonds. The number of nitrogens with zero attached hydrogens (tertiary/aromatic N) is 9. The van der Waals surface area contributed by atoms with E-state index in [0.29, 0.717) is 43.6 Å². The van der Waals surface area contributed by atoms with Gasteiger partial charge in [0.15, 0.2) is 0 Å². The van der Waals surface area contributed by atoms with Gasteiger partial charge in [-0.2, -0.15) is 10.2 Å². The summed E-state index contributed by atoms with van der Waals surface area (Å²) in [7, 11) is 3.53. The second kappa shape index (κ2) is 18.3. The number of nitrogens with one attached hydrogen (secondary N) is 3. The number of morpholine rings is 2. The molecule has 0 bridgehead atoms. The van der Waals surface area contributed by atoms with Gasteiger partial charge in [-0.25, -0.2) is 9.97 Å². The Morgan fingerprint density at radius 2 is 1.18 bits per heavy atom. The summed E-state index contributed by atoms with van der Waals surface area (Å²) < 4.78 is 11.1. The zero-order chi connectivity index (χ0) is 44.3. The van der Waals surface area contributed by atoms with Crippen LogP contribution in [0, 0.1) is 0 Å². The van der Waals surface area contributed by atoms with Crippen LogP contribution in [0.5, 0.6) is 0 Å². The molecule has 6 aromatic heterocycles. The zero-order valence-corrected chi connectivity index (χ0v) is 36.2. The van der Waals surface area contributed by atoms with Crippen LogP contribution >= 0.6 is 0 Å². The summed E-state index contributed by atoms with van der Waals surface area (Å²) in [4.78, 5) is 50.7. The second-order valence-corrected chi connectivity index (χ2v) is 16.4. The van der Waals surface area contributed by atoms with Crippen molar-refractivity contribution in [1.82, 2.24) is 50.5 Å². The van der Waals surface area contributed by atoms with E-state index in [9.17, 15) is 9.59 Å². The number of H-pyrrole nitrogens is 2. The number of hydrogen-bond acceptors (Lipinski definition) is 12. The van der Waals surface area contributed by atoms with E-state index < -0.39 is 0 Å². The Labute approximate surface area is 375 Å². The highest BCUT2D eigenvalue weighted by Crippen LogP contribution is 2.38. The number of ether oxygens (including phenoxy) is 2. The van der Waals surface area contributed by atoms with Crippen LogP contribution in [0.25, 0.3) is 66.8 Å². The van der Waals surface area contributed by atoms with E-state index in [0.717, 1.165) is 117 Å². The summed E-state index contributed by atoms with van der Waals surface area (Å²) in [6.45, 7) is 5.78. The van der Waals surface area contributed by atoms with Crippen LogP contribution in [0.4, 0.5) is 11.6 Å². The molecule has 0 unspecified atom stereocenters. The Morgan fingerprint density at radius 3 is 1.71 bits per heavy atom. The highest BCUT2D eigenvalue weighted by Gasteiger charge is 2.25. The Morgan fingerprint density at radius 1 is 0.646 bits per heavy atom. The van der Waals surface area contributed by atoms with E-state index in [4.69, 9.17) is 19.4 Å². The topological polar surface area (TPSA) is 183 Å². The van der Waals surface area contributed by atoms with E-state index in [-0.39, 0.29) is 11.8 Å². The number of anilines is 2. The maximum atomic E-state index is 13.0. The molecule has 0 spiro atoms. The Kier molecular flexibility index (Phi) is 11.7. The number of amides is 2. The van der Waals surface area contributed by atoms with Gasteiger partial charge in [0.25, 0.3) is 11.8 Å². The van der Waals surface area contributed by atoms with Crippen molar-refractivity contribution >= 4 is 45.3 Å². The van der Waals surface area contributed by atoms with E-state index in [1.165, 1.54) is 0 Å². The molecule has 328 valence electrons. The van der Waals surface area contributed by atoms with Gasteiger partial charge in [-0.05, 0) is 89.7 Å². The third kappa shape index (κ3) is 8.73. The van der Waals surface area contributed by atoms with Gasteiger partial charge in [-0.3, -0.25) is 29.8 Å². The SMILES string of the molecule is CN(C)C(=O)c1ccccc1-c1cc(N2CCOCC2)nc2c(-c3ccn[nH]3)nccc12.O=C(NC1CC1)c1ccc(-c2cc(N3CCOCC3)nc3c(-c4ccn[nH]4)nccc23)cc1. The zero-order valence-electron chi connectivity index (χ0n) is 36.2. The summed E-state index contributed by atoms with van der Waals surface area (Å²) in [5.41, 5.74) is 9.93. The first-order valence-corrected chi connectivity index (χ1v) is 21.9. The molecule has 16 heteroatoms. The number of aromatic nitrogens is 8. The van der Waals surface area contributed by atoms with Crippen molar-refractivity contribution in [2.24, 2.45) is 0 Å². The molecule has 3 fully saturated rings. The van der Waals surface area contributed by atoms with Gasteiger partial charge >= 0.3 is 0 Å². The minimum absolute atomic E-state index is 0.0108. The van der Waals surface area contributed by atoms with Crippen LogP contribution in [0.2, 0.25) is 0 Å². The number of hydrogen-bond donors (Lipinski definition) is 3. The second-order valence-electron chi connectivity index (χ2n) is 16.4. The predicted octanol–water partition coefficient (Wildman–Crippen LogP) is 6.64. The van der Waals surface area contributed by atoms with Gasteiger partial charge in [-0.1, -0.05) is 30.3 Å². The molecular weight excluding hydrogens is 821 g/mol. The normalized spacial score (nSPS) is 15.1. The summed E-state index contributed by atoms with van der Waals surface area (Å²) >= 11 is 0. The molecule has 2 aliphatic heterocycles. The lowest BCUT2D eigenvalue weighted by atomic mass is 9.95. The third-order valence-corrected chi connectivity index (χ3v) is 11.8. The first-order chi connectivity index (χ1) is 31.9. The molecule has 65 heavy (non-hydrogen) atoms. The first kappa shape index (κ1) is 41.5. The quantitative estimate of drug-likeness (QED) is 0.141. The van der Waals surface area contributed by atoms with E-state index in [1.54, 1.807) is 43.8 Å². The minimum atomic E-state index is -0.0404. The summed E-state index contributed by atoms with van der Waals surface area (Å²) in [5, 5.41) is 19.2. The van der Waals surface area contributed by atoms with Crippen molar-refractivity contribution in [2.75, 3.05) is 76.5 Å². The van der Waals surface area contributed by atoms with Crippen LogP contribution in [0.15, 0.2) is 110 Å². The number of benzene rings is 2. The Hall–Kier alpha value is -7.56. The molecule has 0 radical (unpaired) electrons. The first-order valence-electron chi connectivity index (χ1n) is 21.9. The molecule has 3 N–H and O–H groups in total. The van der Waals surface area contributed by atoms with Crippen molar-refractivity contribution in [3.05, 3.63) is 121 Å². The number of aromatic amines is 2. The van der Waals surface area contributed by atoms with Gasteiger partial charge in [0, 0.05) is 93.0 Å². The van der Waals surface area contributed by atoms with E-state index >= 15 is 0 Å². The fourth-order valence-electron chi connectivity index (χ4n) is 8.26. The summed E-state index contributed by atoms with van der Waals surface area (Å²) in [6.07, 6.45) is 9.14. The van der Waals surface area contributed by atoms with E-state index in [1.807, 2.05) is 72.8 Å². The van der Waals surface area contributed by atoms with Gasteiger partial charge in [0.1, 0.15) is 34.1 Å². The molecule has 1 saturated carbocycles. The summed E-state index contributed by atoms with van der Waals surface area (Å²) in [5.74, 6) is 1.69. The Balaban J connectivity index is 0.000000153. The van der Waals surface area contributed by atoms with Crippen LogP contribution < -0.4 is 15.1 Å². The fraction of sp³-hybridized carbons (Fsp3) is 0.265. The van der Waals surface area contributed by atoms with Crippen molar-refractivity contribution in [1.29, 1.82) is 0 Å². The van der Waals surface area contributed by atoms with Crippen molar-refractivity contribution in [3.8, 4) is 45.0 Å². The molecule has 0 atom stereocenters. The summed E-state index contributed by atoms with van der Waals surface area (Å²) in [6, 6.07) is 27.8. The molecule has 1 aliphatic carbocycles. The van der Waals surface area contributed by atoms with Crippen LogP contribution in [0.3, 0.4) is 0 Å². The van der Waals surface area contributed by atoms with Gasteiger partial charge in [0.2, 0.25) is 0 Å². The third-order valence-electron chi connectivity index (χ3n) is 11.8. The van der Waals surface area contributed by atoms with Crippen LogP contribution in [-0.4, -0.2) is 130 Å². The molecule has 8 aromatic rings. The Bertz CT molecular complexity index is 2960. The molecule has 16 nitrogen and oxygen atoms in total. The number of pyridine rings is 4. The molecule has 11 rings (SSSR count). The average molecular weight is 869 g/mol. The molecule has 2 saturated heterocycles. The molecule has 8 heterocycles. The maximum Gasteiger partial charge on any atom is 0.253 e. The lowest BCUT2D eigenvalue weighted by Gasteiger charge is -2.29. The predicted molar refractivity (Wildman–Crippen MR) is 250 cm³/mol. The lowest BCUT2D eigenvalue weighted by Crippen LogP contribution is -2.36. The number of carbonyl (C=O) groups is 2. The van der Waals surface area contributed by atoms with Crippen molar-refractivity contribution in [3.63, 3.8) is 0 Å². The van der Waals surface area contributed by atoms with E-state index in [2.05, 4.69) is 57.6 Å². The average Bonchev–Trinajstić information content (AvgIpc) is 3.72. The minimum Gasteiger partial charge on any atom is -0.378 e. The molecular formula is C49H48N12O4. The maximum absolute atomic E-state index is 13.0. The standard InChI is InChI=1S/C25H24N6O2.C24H24N6O2/c32-25(28-18-5-6-18)17-3-1-16(2-4-17)20-15-22(31-11-13-33-14-12-31)29-23-19(20)7-9-26-24(23)21-8-10-27-30-21;1-29(2)24(31)18-6-4-3-5-16(18)19-15-21(30-11-13-32-14-12-30)27-22-17(19)7-9-25-23(22)20-8-10-26-28-20/h1-4,7-10,15,18H,5-6,11-14H2,(H,27,30)(H,28,32);3-10,15H,11-14H2,1-2H3,(H,26,28). The molecule has 2 aromatic carbocycles. The van der Waals surface area contributed by atoms with Gasteiger partial charge in [0.05, 0.1) is 37.8 Å². The van der Waals surface area contributed by atoms with Crippen LogP contribution in [0.1, 0.15) is 33.6 Å². The van der Waals surface area contributed by atoms with Gasteiger partial charge < -0.3 is 29.5 Å². The lowest BCUT2D eigenvalue weighted by molar-refractivity contribution is 0.0828. The largest absolute Gasteiger partial charge is 0.378 e. The highest BCUT2D eigenvalue weighted by molar-refractivity contribution is 6.08.